The van der Waals surface area contributed by atoms with E-state index in [0.717, 1.165) is 11.3 Å². The van der Waals surface area contributed by atoms with Crippen molar-refractivity contribution in [3.05, 3.63) is 54.1 Å². The van der Waals surface area contributed by atoms with Crippen LogP contribution in [0.2, 0.25) is 0 Å². The molecule has 0 spiro atoms. The lowest BCUT2D eigenvalue weighted by atomic mass is 10.1. The molecule has 26 heavy (non-hydrogen) atoms. The number of hydrazone groups is 1. The van der Waals surface area contributed by atoms with Crippen molar-refractivity contribution < 1.29 is 19.0 Å². The molecule has 6 heteroatoms. The molecule has 3 rings (SSSR count). The minimum Gasteiger partial charge on any atom is -0.491 e. The molecule has 1 aliphatic rings. The Labute approximate surface area is 152 Å². The molecule has 1 N–H and O–H groups in total. The number of hydrogen-bond donors (Lipinski definition) is 1. The summed E-state index contributed by atoms with van der Waals surface area (Å²) in [7, 11) is 0. The largest absolute Gasteiger partial charge is 0.491 e. The zero-order valence-electron chi connectivity index (χ0n) is 15.1. The molecule has 2 aromatic carbocycles. The van der Waals surface area contributed by atoms with E-state index in [2.05, 4.69) is 10.5 Å². The zero-order valence-corrected chi connectivity index (χ0v) is 15.1. The van der Waals surface area contributed by atoms with Crippen LogP contribution in [-0.4, -0.2) is 30.4 Å². The molecule has 0 unspecified atom stereocenters. The smallest absolute Gasteiger partial charge is 0.284 e. The van der Waals surface area contributed by atoms with Crippen LogP contribution in [0.25, 0.3) is 0 Å². The molecule has 0 aliphatic carbocycles. The number of rotatable bonds is 5. The van der Waals surface area contributed by atoms with Gasteiger partial charge in [0.15, 0.2) is 11.5 Å². The van der Waals surface area contributed by atoms with Crippen LogP contribution in [0.3, 0.4) is 0 Å². The first-order valence-electron chi connectivity index (χ1n) is 8.52. The number of nitrogens with zero attached hydrogens (tertiary/aromatic N) is 1. The number of carbonyl (C=O) groups excluding carboxylic acids is 1. The van der Waals surface area contributed by atoms with E-state index in [1.54, 1.807) is 12.1 Å². The Kier molecular flexibility index (Phi) is 5.41. The molecule has 0 bridgehead atoms. The summed E-state index contributed by atoms with van der Waals surface area (Å²) in [5.41, 5.74) is 4.12. The SMILES string of the molecule is C/C(=N/NC(=O)[C@H]1COc2ccccc2O1)c1ccc(OC(C)C)cc1. The molecule has 1 atom stereocenters. The van der Waals surface area contributed by atoms with E-state index >= 15 is 0 Å². The van der Waals surface area contributed by atoms with Crippen molar-refractivity contribution in [1.82, 2.24) is 5.43 Å². The molecule has 1 aliphatic heterocycles. The van der Waals surface area contributed by atoms with Crippen LogP contribution in [-0.2, 0) is 4.79 Å². The highest BCUT2D eigenvalue weighted by molar-refractivity contribution is 5.99. The molecule has 0 saturated heterocycles. The summed E-state index contributed by atoms with van der Waals surface area (Å²) in [6.45, 7) is 5.93. The summed E-state index contributed by atoms with van der Waals surface area (Å²) in [6, 6.07) is 14.8. The molecule has 136 valence electrons. The molecule has 6 nitrogen and oxygen atoms in total. The van der Waals surface area contributed by atoms with Crippen molar-refractivity contribution in [2.45, 2.75) is 33.0 Å². The Morgan fingerprint density at radius 1 is 1.15 bits per heavy atom. The number of amides is 1. The van der Waals surface area contributed by atoms with Crippen molar-refractivity contribution in [1.29, 1.82) is 0 Å². The Morgan fingerprint density at radius 2 is 1.85 bits per heavy atom. The highest BCUT2D eigenvalue weighted by Crippen LogP contribution is 2.30. The average molecular weight is 354 g/mol. The number of carbonyl (C=O) groups is 1. The fraction of sp³-hybridized carbons (Fsp3) is 0.300. The van der Waals surface area contributed by atoms with Crippen LogP contribution in [0, 0.1) is 0 Å². The molecule has 0 fully saturated rings. The quantitative estimate of drug-likeness (QED) is 0.661. The first-order valence-corrected chi connectivity index (χ1v) is 8.52. The van der Waals surface area contributed by atoms with Crippen molar-refractivity contribution in [2.24, 2.45) is 5.10 Å². The van der Waals surface area contributed by atoms with E-state index in [1.807, 2.05) is 57.2 Å². The van der Waals surface area contributed by atoms with Gasteiger partial charge in [-0.25, -0.2) is 5.43 Å². The van der Waals surface area contributed by atoms with E-state index in [0.29, 0.717) is 17.2 Å². The Bertz CT molecular complexity index is 800. The summed E-state index contributed by atoms with van der Waals surface area (Å²) < 4.78 is 16.8. The lowest BCUT2D eigenvalue weighted by Crippen LogP contribution is -2.42. The van der Waals surface area contributed by atoms with E-state index in [9.17, 15) is 4.79 Å². The van der Waals surface area contributed by atoms with Crippen molar-refractivity contribution in [3.8, 4) is 17.2 Å². The second-order valence-corrected chi connectivity index (χ2v) is 6.23. The average Bonchev–Trinajstić information content (AvgIpc) is 2.65. The van der Waals surface area contributed by atoms with Gasteiger partial charge >= 0.3 is 0 Å². The van der Waals surface area contributed by atoms with Crippen LogP contribution >= 0.6 is 0 Å². The highest BCUT2D eigenvalue weighted by Gasteiger charge is 2.27. The van der Waals surface area contributed by atoms with Gasteiger partial charge in [0.1, 0.15) is 12.4 Å². The van der Waals surface area contributed by atoms with Gasteiger partial charge < -0.3 is 14.2 Å². The van der Waals surface area contributed by atoms with E-state index in [-0.39, 0.29) is 18.6 Å². The van der Waals surface area contributed by atoms with Crippen molar-refractivity contribution >= 4 is 11.6 Å². The summed E-state index contributed by atoms with van der Waals surface area (Å²) in [6.07, 6.45) is -0.610. The number of ether oxygens (including phenoxy) is 3. The van der Waals surface area contributed by atoms with Gasteiger partial charge in [-0.05, 0) is 62.7 Å². The molecule has 0 radical (unpaired) electrons. The topological polar surface area (TPSA) is 69.2 Å². The lowest BCUT2D eigenvalue weighted by molar-refractivity contribution is -0.130. The van der Waals surface area contributed by atoms with Crippen molar-refractivity contribution in [2.75, 3.05) is 6.61 Å². The zero-order chi connectivity index (χ0) is 18.5. The maximum atomic E-state index is 12.3. The van der Waals surface area contributed by atoms with Gasteiger partial charge in [-0.2, -0.15) is 5.10 Å². The van der Waals surface area contributed by atoms with Crippen LogP contribution in [0.4, 0.5) is 0 Å². The first-order chi connectivity index (χ1) is 12.5. The van der Waals surface area contributed by atoms with Gasteiger partial charge in [0.25, 0.3) is 5.91 Å². The summed E-state index contributed by atoms with van der Waals surface area (Å²) in [5, 5.41) is 4.16. The Balaban J connectivity index is 1.59. The van der Waals surface area contributed by atoms with Gasteiger partial charge in [0, 0.05) is 0 Å². The minimum atomic E-state index is -0.733. The second-order valence-electron chi connectivity index (χ2n) is 6.23. The number of hydrogen-bond acceptors (Lipinski definition) is 5. The van der Waals surface area contributed by atoms with Crippen LogP contribution in [0.5, 0.6) is 17.2 Å². The first kappa shape index (κ1) is 17.8. The molecular formula is C20H22N2O4. The van der Waals surface area contributed by atoms with Crippen LogP contribution < -0.4 is 19.6 Å². The normalized spacial score (nSPS) is 16.3. The standard InChI is InChI=1S/C20H22N2O4/c1-13(2)25-16-10-8-15(9-11-16)14(3)21-22-20(23)19-12-24-17-6-4-5-7-18(17)26-19/h4-11,13,19H,12H2,1-3H3,(H,22,23)/b21-14-/t19-/m1/s1. The van der Waals surface area contributed by atoms with E-state index in [4.69, 9.17) is 14.2 Å². The monoisotopic (exact) mass is 354 g/mol. The molecule has 1 heterocycles. The maximum absolute atomic E-state index is 12.3. The van der Waals surface area contributed by atoms with Gasteiger partial charge in [-0.15, -0.1) is 0 Å². The molecular weight excluding hydrogens is 332 g/mol. The van der Waals surface area contributed by atoms with Gasteiger partial charge in [-0.3, -0.25) is 4.79 Å². The fourth-order valence-corrected chi connectivity index (χ4v) is 2.47. The predicted molar refractivity (Wildman–Crippen MR) is 98.9 cm³/mol. The molecule has 0 aromatic heterocycles. The third kappa shape index (κ3) is 4.33. The van der Waals surface area contributed by atoms with Crippen LogP contribution in [0.1, 0.15) is 26.3 Å². The number of fused-ring (bicyclic) bond motifs is 1. The minimum absolute atomic E-state index is 0.123. The third-order valence-corrected chi connectivity index (χ3v) is 3.78. The predicted octanol–water partition coefficient (Wildman–Crippen LogP) is 3.15. The fourth-order valence-electron chi connectivity index (χ4n) is 2.47. The van der Waals surface area contributed by atoms with Gasteiger partial charge in [0.05, 0.1) is 11.8 Å². The molecule has 2 aromatic rings. The van der Waals surface area contributed by atoms with Gasteiger partial charge in [0.2, 0.25) is 6.10 Å². The third-order valence-electron chi connectivity index (χ3n) is 3.78. The highest BCUT2D eigenvalue weighted by atomic mass is 16.6. The summed E-state index contributed by atoms with van der Waals surface area (Å²) >= 11 is 0. The Morgan fingerprint density at radius 3 is 2.54 bits per heavy atom. The maximum Gasteiger partial charge on any atom is 0.284 e. The van der Waals surface area contributed by atoms with E-state index < -0.39 is 6.10 Å². The van der Waals surface area contributed by atoms with Gasteiger partial charge in [-0.1, -0.05) is 12.1 Å². The summed E-state index contributed by atoms with van der Waals surface area (Å²) in [4.78, 5) is 12.3. The molecule has 1 amide bonds. The number of para-hydroxylation sites is 2. The molecule has 0 saturated carbocycles. The Hall–Kier alpha value is -3.02. The summed E-state index contributed by atoms with van der Waals surface area (Å²) in [5.74, 6) is 1.64. The van der Waals surface area contributed by atoms with Crippen molar-refractivity contribution in [3.63, 3.8) is 0 Å². The van der Waals surface area contributed by atoms with Crippen LogP contribution in [0.15, 0.2) is 53.6 Å². The number of nitrogens with one attached hydrogen (secondary N) is 1. The van der Waals surface area contributed by atoms with E-state index in [1.165, 1.54) is 0 Å². The second kappa shape index (κ2) is 7.91. The lowest BCUT2D eigenvalue weighted by Gasteiger charge is -2.24. The number of benzene rings is 2.